The first-order valence-corrected chi connectivity index (χ1v) is 9.09. The number of halogens is 2. The van der Waals surface area contributed by atoms with Gasteiger partial charge in [-0.05, 0) is 30.5 Å². The van der Waals surface area contributed by atoms with Crippen LogP contribution in [0.4, 0.5) is 0 Å². The second kappa shape index (κ2) is 6.33. The van der Waals surface area contributed by atoms with Crippen molar-refractivity contribution >= 4 is 37.2 Å². The van der Waals surface area contributed by atoms with Gasteiger partial charge in [0.2, 0.25) is 0 Å². The standard InChI is InChI=1S/C13H15Cl2NO3S/c14-12-5-4-10(20(15,18)19)8-11(12)13(17)16-7-6-9-2-1-3-9/h4-5,8-9H,1-3,6-7H2,(H,16,17). The molecule has 110 valence electrons. The highest BCUT2D eigenvalue weighted by Crippen LogP contribution is 2.29. The van der Waals surface area contributed by atoms with Crippen LogP contribution >= 0.6 is 22.3 Å². The van der Waals surface area contributed by atoms with Crippen molar-refractivity contribution in [3.05, 3.63) is 28.8 Å². The number of carbonyl (C=O) groups excluding carboxylic acids is 1. The minimum atomic E-state index is -3.87. The van der Waals surface area contributed by atoms with E-state index in [0.29, 0.717) is 12.5 Å². The maximum absolute atomic E-state index is 12.0. The fourth-order valence-corrected chi connectivity index (χ4v) is 3.08. The summed E-state index contributed by atoms with van der Waals surface area (Å²) in [4.78, 5) is 11.9. The second-order valence-electron chi connectivity index (χ2n) is 4.92. The molecule has 4 nitrogen and oxygen atoms in total. The summed E-state index contributed by atoms with van der Waals surface area (Å²) < 4.78 is 22.5. The Morgan fingerprint density at radius 3 is 2.60 bits per heavy atom. The lowest BCUT2D eigenvalue weighted by molar-refractivity contribution is 0.0949. The molecular weight excluding hydrogens is 321 g/mol. The molecule has 1 aliphatic rings. The lowest BCUT2D eigenvalue weighted by atomic mass is 9.83. The maximum atomic E-state index is 12.0. The van der Waals surface area contributed by atoms with Gasteiger partial charge in [0, 0.05) is 17.2 Å². The normalized spacial score (nSPS) is 15.7. The summed E-state index contributed by atoms with van der Waals surface area (Å²) >= 11 is 5.92. The number of rotatable bonds is 5. The summed E-state index contributed by atoms with van der Waals surface area (Å²) in [6.45, 7) is 0.567. The predicted molar refractivity (Wildman–Crippen MR) is 78.8 cm³/mol. The molecule has 0 unspecified atom stereocenters. The molecule has 2 rings (SSSR count). The van der Waals surface area contributed by atoms with E-state index in [9.17, 15) is 13.2 Å². The molecule has 0 aromatic heterocycles. The molecule has 0 bridgehead atoms. The van der Waals surface area contributed by atoms with E-state index in [-0.39, 0.29) is 21.4 Å². The van der Waals surface area contributed by atoms with Crippen LogP contribution in [0.2, 0.25) is 5.02 Å². The molecule has 1 amide bonds. The third-order valence-corrected chi connectivity index (χ3v) is 5.21. The van der Waals surface area contributed by atoms with Gasteiger partial charge in [0.1, 0.15) is 0 Å². The zero-order chi connectivity index (χ0) is 14.8. The van der Waals surface area contributed by atoms with Gasteiger partial charge in [0.25, 0.3) is 15.0 Å². The molecule has 1 aromatic rings. The molecule has 1 fully saturated rings. The maximum Gasteiger partial charge on any atom is 0.261 e. The van der Waals surface area contributed by atoms with E-state index in [1.807, 2.05) is 0 Å². The smallest absolute Gasteiger partial charge is 0.261 e. The van der Waals surface area contributed by atoms with Crippen molar-refractivity contribution in [2.45, 2.75) is 30.6 Å². The van der Waals surface area contributed by atoms with E-state index < -0.39 is 9.05 Å². The van der Waals surface area contributed by atoms with Crippen LogP contribution in [-0.4, -0.2) is 20.9 Å². The summed E-state index contributed by atoms with van der Waals surface area (Å²) in [7, 11) is 1.39. The molecule has 0 radical (unpaired) electrons. The average molecular weight is 336 g/mol. The molecule has 0 heterocycles. The topological polar surface area (TPSA) is 63.2 Å². The van der Waals surface area contributed by atoms with Gasteiger partial charge in [-0.3, -0.25) is 4.79 Å². The summed E-state index contributed by atoms with van der Waals surface area (Å²) in [5, 5.41) is 2.96. The van der Waals surface area contributed by atoms with Crippen molar-refractivity contribution in [3.8, 4) is 0 Å². The molecule has 1 N–H and O–H groups in total. The largest absolute Gasteiger partial charge is 0.352 e. The van der Waals surface area contributed by atoms with E-state index >= 15 is 0 Å². The van der Waals surface area contributed by atoms with Crippen LogP contribution in [0.15, 0.2) is 23.1 Å². The number of nitrogens with one attached hydrogen (secondary N) is 1. The number of carbonyl (C=O) groups is 1. The summed E-state index contributed by atoms with van der Waals surface area (Å²) in [5.41, 5.74) is 0.127. The van der Waals surface area contributed by atoms with Crippen LogP contribution in [0.1, 0.15) is 36.0 Å². The minimum Gasteiger partial charge on any atom is -0.352 e. The number of amides is 1. The van der Waals surface area contributed by atoms with Gasteiger partial charge in [0.05, 0.1) is 15.5 Å². The molecule has 1 saturated carbocycles. The van der Waals surface area contributed by atoms with E-state index in [0.717, 1.165) is 6.42 Å². The van der Waals surface area contributed by atoms with Gasteiger partial charge < -0.3 is 5.32 Å². The quantitative estimate of drug-likeness (QED) is 0.840. The van der Waals surface area contributed by atoms with Crippen molar-refractivity contribution in [2.24, 2.45) is 5.92 Å². The molecule has 0 spiro atoms. The Balaban J connectivity index is 2.04. The highest BCUT2D eigenvalue weighted by atomic mass is 35.7. The summed E-state index contributed by atoms with van der Waals surface area (Å²) in [6.07, 6.45) is 4.64. The fraction of sp³-hybridized carbons (Fsp3) is 0.462. The zero-order valence-corrected chi connectivity index (χ0v) is 13.1. The predicted octanol–water partition coefficient (Wildman–Crippen LogP) is 3.19. The van der Waals surface area contributed by atoms with Gasteiger partial charge in [-0.1, -0.05) is 30.9 Å². The minimum absolute atomic E-state index is 0.127. The van der Waals surface area contributed by atoms with Crippen LogP contribution in [0, 0.1) is 5.92 Å². The fourth-order valence-electron chi connectivity index (χ4n) is 2.10. The van der Waals surface area contributed by atoms with Crippen molar-refractivity contribution in [3.63, 3.8) is 0 Å². The molecule has 7 heteroatoms. The molecule has 20 heavy (non-hydrogen) atoms. The van der Waals surface area contributed by atoms with Crippen LogP contribution in [-0.2, 0) is 9.05 Å². The van der Waals surface area contributed by atoms with E-state index in [1.165, 1.54) is 37.5 Å². The number of hydrogen-bond acceptors (Lipinski definition) is 3. The first kappa shape index (κ1) is 15.6. The van der Waals surface area contributed by atoms with E-state index in [4.69, 9.17) is 22.3 Å². The van der Waals surface area contributed by atoms with Gasteiger partial charge in [-0.15, -0.1) is 0 Å². The molecular formula is C13H15Cl2NO3S. The third-order valence-electron chi connectivity index (χ3n) is 3.53. The van der Waals surface area contributed by atoms with Gasteiger partial charge >= 0.3 is 0 Å². The summed E-state index contributed by atoms with van der Waals surface area (Å²) in [6, 6.07) is 3.83. The Hall–Kier alpha value is -0.780. The molecule has 1 aliphatic carbocycles. The van der Waals surface area contributed by atoms with E-state index in [1.54, 1.807) is 0 Å². The molecule has 0 atom stereocenters. The Labute approximate surface area is 127 Å². The van der Waals surface area contributed by atoms with Crippen molar-refractivity contribution in [2.75, 3.05) is 6.54 Å². The SMILES string of the molecule is O=C(NCCC1CCC1)c1cc(S(=O)(=O)Cl)ccc1Cl. The van der Waals surface area contributed by atoms with Gasteiger partial charge in [0.15, 0.2) is 0 Å². The monoisotopic (exact) mass is 335 g/mol. The van der Waals surface area contributed by atoms with E-state index in [2.05, 4.69) is 5.32 Å². The van der Waals surface area contributed by atoms with Crippen molar-refractivity contribution in [1.82, 2.24) is 5.32 Å². The van der Waals surface area contributed by atoms with Crippen LogP contribution < -0.4 is 5.32 Å². The zero-order valence-electron chi connectivity index (χ0n) is 10.7. The van der Waals surface area contributed by atoms with Gasteiger partial charge in [-0.2, -0.15) is 0 Å². The molecule has 1 aromatic carbocycles. The van der Waals surface area contributed by atoms with Crippen LogP contribution in [0.25, 0.3) is 0 Å². The van der Waals surface area contributed by atoms with Crippen molar-refractivity contribution in [1.29, 1.82) is 0 Å². The second-order valence-corrected chi connectivity index (χ2v) is 7.89. The Bertz CT molecular complexity index is 612. The average Bonchev–Trinajstić information content (AvgIpc) is 2.31. The highest BCUT2D eigenvalue weighted by molar-refractivity contribution is 8.13. The van der Waals surface area contributed by atoms with Crippen LogP contribution in [0.5, 0.6) is 0 Å². The Morgan fingerprint density at radius 1 is 1.35 bits per heavy atom. The Morgan fingerprint density at radius 2 is 2.05 bits per heavy atom. The summed E-state index contributed by atoms with van der Waals surface area (Å²) in [5.74, 6) is 0.316. The third kappa shape index (κ3) is 3.87. The van der Waals surface area contributed by atoms with Crippen LogP contribution in [0.3, 0.4) is 0 Å². The molecule has 0 aliphatic heterocycles. The first-order chi connectivity index (χ1) is 9.38. The Kier molecular flexibility index (Phi) is 4.94. The van der Waals surface area contributed by atoms with Gasteiger partial charge in [-0.25, -0.2) is 8.42 Å². The number of benzene rings is 1. The number of hydrogen-bond donors (Lipinski definition) is 1. The first-order valence-electron chi connectivity index (χ1n) is 6.40. The highest BCUT2D eigenvalue weighted by Gasteiger charge is 2.19. The molecule has 0 saturated heterocycles. The lowest BCUT2D eigenvalue weighted by Crippen LogP contribution is -2.27. The van der Waals surface area contributed by atoms with Crippen molar-refractivity contribution < 1.29 is 13.2 Å². The lowest BCUT2D eigenvalue weighted by Gasteiger charge is -2.25.